The van der Waals surface area contributed by atoms with Gasteiger partial charge in [-0.1, -0.05) is 0 Å². The third kappa shape index (κ3) is 6.18. The zero-order chi connectivity index (χ0) is 14.5. The van der Waals surface area contributed by atoms with Crippen LogP contribution in [0.1, 0.15) is 19.3 Å². The Balaban J connectivity index is 0.00000132. The highest BCUT2D eigenvalue weighted by Crippen LogP contribution is 2.20. The normalized spacial score (nSPS) is 22.1. The second kappa shape index (κ2) is 10.4. The van der Waals surface area contributed by atoms with Crippen LogP contribution in [0.15, 0.2) is 18.5 Å². The summed E-state index contributed by atoms with van der Waals surface area (Å²) in [5.74, 6) is 3.22. The minimum Gasteiger partial charge on any atom is -0.343 e. The maximum absolute atomic E-state index is 12.3. The molecule has 3 heterocycles. The topological polar surface area (TPSA) is 50.2 Å². The number of nitrogens with zero attached hydrogens (tertiary/aromatic N) is 3. The minimum absolute atomic E-state index is 0. The second-order valence-electron chi connectivity index (χ2n) is 5.98. The molecule has 1 aromatic rings. The highest BCUT2D eigenvalue weighted by Gasteiger charge is 2.25. The van der Waals surface area contributed by atoms with Crippen LogP contribution in [-0.2, 0) is 11.3 Å². The van der Waals surface area contributed by atoms with Crippen molar-refractivity contribution < 1.29 is 4.79 Å². The van der Waals surface area contributed by atoms with Crippen LogP contribution in [0.25, 0.3) is 0 Å². The predicted molar refractivity (Wildman–Crippen MR) is 99.8 cm³/mol. The van der Waals surface area contributed by atoms with E-state index in [9.17, 15) is 4.79 Å². The molecule has 0 radical (unpaired) electrons. The van der Waals surface area contributed by atoms with Gasteiger partial charge in [-0.3, -0.25) is 9.48 Å². The molecule has 5 nitrogen and oxygen atoms in total. The highest BCUT2D eigenvalue weighted by molar-refractivity contribution is 7.99. The van der Waals surface area contributed by atoms with E-state index < -0.39 is 0 Å². The van der Waals surface area contributed by atoms with E-state index in [0.29, 0.717) is 24.3 Å². The molecule has 2 aliphatic rings. The summed E-state index contributed by atoms with van der Waals surface area (Å²) in [6, 6.07) is 2.34. The van der Waals surface area contributed by atoms with Gasteiger partial charge in [0.15, 0.2) is 0 Å². The molecule has 1 amide bonds. The number of aromatic nitrogens is 2. The largest absolute Gasteiger partial charge is 0.343 e. The Morgan fingerprint density at radius 1 is 1.30 bits per heavy atom. The van der Waals surface area contributed by atoms with Gasteiger partial charge in [0.25, 0.3) is 0 Å². The van der Waals surface area contributed by atoms with Crippen molar-refractivity contribution in [3.8, 4) is 0 Å². The highest BCUT2D eigenvalue weighted by atomic mass is 35.5. The molecule has 132 valence electrons. The molecule has 1 atom stereocenters. The molecule has 0 spiro atoms. The summed E-state index contributed by atoms with van der Waals surface area (Å²) in [5, 5.41) is 7.71. The number of thioether (sulfide) groups is 1. The zero-order valence-corrected chi connectivity index (χ0v) is 15.7. The lowest BCUT2D eigenvalue weighted by atomic mass is 9.96. The van der Waals surface area contributed by atoms with E-state index in [2.05, 4.69) is 15.3 Å². The Hall–Kier alpha value is -0.430. The van der Waals surface area contributed by atoms with Crippen LogP contribution in [-0.4, -0.2) is 57.8 Å². The average Bonchev–Trinajstić information content (AvgIpc) is 3.02. The van der Waals surface area contributed by atoms with Crippen molar-refractivity contribution in [1.82, 2.24) is 20.0 Å². The second-order valence-corrected chi connectivity index (χ2v) is 7.13. The van der Waals surface area contributed by atoms with Crippen LogP contribution < -0.4 is 5.32 Å². The molecule has 1 aromatic heterocycles. The van der Waals surface area contributed by atoms with Crippen molar-refractivity contribution in [3.05, 3.63) is 18.5 Å². The van der Waals surface area contributed by atoms with Crippen LogP contribution >= 0.6 is 36.6 Å². The summed E-state index contributed by atoms with van der Waals surface area (Å²) in [6.45, 7) is 3.83. The van der Waals surface area contributed by atoms with Crippen LogP contribution in [0.2, 0.25) is 0 Å². The third-order valence-corrected chi connectivity index (χ3v) is 5.52. The molecular weight excluding hydrogens is 355 g/mol. The first-order chi connectivity index (χ1) is 10.3. The zero-order valence-electron chi connectivity index (χ0n) is 13.2. The van der Waals surface area contributed by atoms with E-state index in [1.807, 2.05) is 34.9 Å². The molecule has 0 saturated carbocycles. The van der Waals surface area contributed by atoms with E-state index in [0.717, 1.165) is 44.8 Å². The summed E-state index contributed by atoms with van der Waals surface area (Å²) in [5.41, 5.74) is 0. The molecule has 8 heteroatoms. The first kappa shape index (κ1) is 20.6. The summed E-state index contributed by atoms with van der Waals surface area (Å²) in [7, 11) is 0. The maximum atomic E-state index is 12.3. The lowest BCUT2D eigenvalue weighted by molar-refractivity contribution is -0.133. The molecule has 23 heavy (non-hydrogen) atoms. The van der Waals surface area contributed by atoms with Gasteiger partial charge in [0, 0.05) is 62.5 Å². The minimum atomic E-state index is 0. The molecule has 0 aromatic carbocycles. The Kier molecular flexibility index (Phi) is 9.36. The van der Waals surface area contributed by atoms with E-state index in [-0.39, 0.29) is 24.8 Å². The number of carbonyl (C=O) groups is 1. The number of piperidine rings is 1. The van der Waals surface area contributed by atoms with Crippen molar-refractivity contribution in [3.63, 3.8) is 0 Å². The number of hydrogen-bond acceptors (Lipinski definition) is 4. The van der Waals surface area contributed by atoms with Gasteiger partial charge in [-0.2, -0.15) is 16.9 Å². The fourth-order valence-corrected chi connectivity index (χ4v) is 4.08. The summed E-state index contributed by atoms with van der Waals surface area (Å²) >= 11 is 1.95. The fraction of sp³-hybridized carbons (Fsp3) is 0.733. The van der Waals surface area contributed by atoms with Gasteiger partial charge in [-0.25, -0.2) is 0 Å². The van der Waals surface area contributed by atoms with Gasteiger partial charge >= 0.3 is 0 Å². The first-order valence-electron chi connectivity index (χ1n) is 7.87. The lowest BCUT2D eigenvalue weighted by Crippen LogP contribution is -2.45. The van der Waals surface area contributed by atoms with Crippen molar-refractivity contribution in [2.24, 2.45) is 5.92 Å². The Bertz CT molecular complexity index is 446. The van der Waals surface area contributed by atoms with E-state index in [1.165, 1.54) is 5.75 Å². The third-order valence-electron chi connectivity index (χ3n) is 4.39. The molecule has 1 unspecified atom stereocenters. The van der Waals surface area contributed by atoms with Crippen molar-refractivity contribution in [2.45, 2.75) is 31.8 Å². The summed E-state index contributed by atoms with van der Waals surface area (Å²) in [6.07, 6.45) is 6.70. The monoisotopic (exact) mass is 380 g/mol. The molecule has 0 aliphatic carbocycles. The summed E-state index contributed by atoms with van der Waals surface area (Å²) in [4.78, 5) is 14.4. The molecule has 2 fully saturated rings. The van der Waals surface area contributed by atoms with E-state index in [4.69, 9.17) is 0 Å². The van der Waals surface area contributed by atoms with Gasteiger partial charge in [0.1, 0.15) is 0 Å². The lowest BCUT2D eigenvalue weighted by Gasteiger charge is -2.33. The fourth-order valence-electron chi connectivity index (χ4n) is 3.13. The Morgan fingerprint density at radius 2 is 2.09 bits per heavy atom. The molecule has 1 N–H and O–H groups in total. The molecule has 3 rings (SSSR count). The number of halogens is 2. The Labute approximate surface area is 154 Å². The smallest absolute Gasteiger partial charge is 0.224 e. The van der Waals surface area contributed by atoms with E-state index in [1.54, 1.807) is 0 Å². The van der Waals surface area contributed by atoms with Gasteiger partial charge in [0.2, 0.25) is 5.91 Å². The van der Waals surface area contributed by atoms with Gasteiger partial charge in [-0.15, -0.1) is 24.8 Å². The Morgan fingerprint density at radius 3 is 2.70 bits per heavy atom. The first-order valence-corrected chi connectivity index (χ1v) is 9.03. The average molecular weight is 381 g/mol. The maximum Gasteiger partial charge on any atom is 0.224 e. The predicted octanol–water partition coefficient (Wildman–Crippen LogP) is 2.06. The van der Waals surface area contributed by atoms with Crippen LogP contribution in [0.5, 0.6) is 0 Å². The molecule has 2 saturated heterocycles. The van der Waals surface area contributed by atoms with Crippen molar-refractivity contribution in [2.75, 3.05) is 31.1 Å². The SMILES string of the molecule is Cl.Cl.O=C(CC1CSCCN1)N1CCC(Cn2cccn2)CC1. The van der Waals surface area contributed by atoms with Gasteiger partial charge in [-0.05, 0) is 24.8 Å². The molecule has 0 bridgehead atoms. The number of hydrogen-bond donors (Lipinski definition) is 1. The van der Waals surface area contributed by atoms with Crippen LogP contribution in [0.3, 0.4) is 0 Å². The number of rotatable bonds is 4. The number of likely N-dealkylation sites (tertiary alicyclic amines) is 1. The van der Waals surface area contributed by atoms with Crippen molar-refractivity contribution >= 4 is 42.5 Å². The van der Waals surface area contributed by atoms with Gasteiger partial charge in [0.05, 0.1) is 0 Å². The number of amides is 1. The molecular formula is C15H26Cl2N4OS. The van der Waals surface area contributed by atoms with Crippen LogP contribution in [0, 0.1) is 5.92 Å². The standard InChI is InChI=1S/C15H24N4OS.2ClH/c20-15(10-14-12-21-9-5-16-14)18-7-2-13(3-8-18)11-19-6-1-4-17-19;;/h1,4,6,13-14,16H,2-3,5,7-12H2;2*1H. The number of carbonyl (C=O) groups excluding carboxylic acids is 1. The quantitative estimate of drug-likeness (QED) is 0.868. The van der Waals surface area contributed by atoms with E-state index >= 15 is 0 Å². The van der Waals surface area contributed by atoms with Crippen molar-refractivity contribution in [1.29, 1.82) is 0 Å². The van der Waals surface area contributed by atoms with Gasteiger partial charge < -0.3 is 10.2 Å². The number of nitrogens with one attached hydrogen (secondary N) is 1. The van der Waals surface area contributed by atoms with Crippen LogP contribution in [0.4, 0.5) is 0 Å². The molecule has 2 aliphatic heterocycles. The summed E-state index contributed by atoms with van der Waals surface area (Å²) < 4.78 is 2.01.